The van der Waals surface area contributed by atoms with E-state index >= 15 is 0 Å². The maximum atomic E-state index is 12.3. The Morgan fingerprint density at radius 3 is 2.21 bits per heavy atom. The number of carbonyl (C=O) groups is 1. The van der Waals surface area contributed by atoms with E-state index in [9.17, 15) is 40.5 Å². The maximum Gasteiger partial charge on any atom is 0.132 e. The molecular formula is C26H44O8. The number of hydrogen-bond acceptors (Lipinski definition) is 8. The minimum Gasteiger partial charge on any atom is -0.390 e. The van der Waals surface area contributed by atoms with E-state index in [-0.39, 0.29) is 36.9 Å². The van der Waals surface area contributed by atoms with Crippen molar-refractivity contribution >= 4 is 5.78 Å². The number of hydrogen-bond donors (Lipinski definition) is 7. The van der Waals surface area contributed by atoms with Crippen LogP contribution in [0.5, 0.6) is 0 Å². The van der Waals surface area contributed by atoms with Crippen LogP contribution in [0.4, 0.5) is 0 Å². The summed E-state index contributed by atoms with van der Waals surface area (Å²) in [5.41, 5.74) is -7.89. The van der Waals surface area contributed by atoms with Crippen LogP contribution in [0.3, 0.4) is 0 Å². The van der Waals surface area contributed by atoms with Crippen LogP contribution in [0.2, 0.25) is 0 Å². The van der Waals surface area contributed by atoms with Gasteiger partial charge in [-0.2, -0.15) is 0 Å². The Bertz CT molecular complexity index is 821. The molecule has 4 rings (SSSR count). The lowest BCUT2D eigenvalue weighted by atomic mass is 9.38. The molecule has 0 aromatic rings. The summed E-state index contributed by atoms with van der Waals surface area (Å²) in [6.07, 6.45) is -2.79. The van der Waals surface area contributed by atoms with Gasteiger partial charge in [0, 0.05) is 30.1 Å². The Balaban J connectivity index is 1.73. The second-order valence-electron chi connectivity index (χ2n) is 12.5. The van der Waals surface area contributed by atoms with Gasteiger partial charge in [0.2, 0.25) is 0 Å². The molecule has 8 heteroatoms. The quantitative estimate of drug-likeness (QED) is 0.300. The van der Waals surface area contributed by atoms with E-state index in [0.717, 1.165) is 0 Å². The number of Topliss-reactive ketones (excluding diaryl/α,β-unsaturated/α-hetero) is 1. The average molecular weight is 485 g/mol. The molecule has 4 saturated carbocycles. The van der Waals surface area contributed by atoms with Gasteiger partial charge in [-0.25, -0.2) is 0 Å². The summed E-state index contributed by atoms with van der Waals surface area (Å²) in [5, 5.41) is 79.7. The lowest BCUT2D eigenvalue weighted by Gasteiger charge is -2.71. The van der Waals surface area contributed by atoms with Crippen molar-refractivity contribution in [3.63, 3.8) is 0 Å². The lowest BCUT2D eigenvalue weighted by molar-refractivity contribution is -0.372. The van der Waals surface area contributed by atoms with Crippen molar-refractivity contribution in [2.45, 2.75) is 127 Å². The van der Waals surface area contributed by atoms with Gasteiger partial charge < -0.3 is 35.7 Å². The first-order valence-corrected chi connectivity index (χ1v) is 13.1. The van der Waals surface area contributed by atoms with E-state index in [1.54, 1.807) is 6.92 Å². The summed E-state index contributed by atoms with van der Waals surface area (Å²) in [7, 11) is 0. The van der Waals surface area contributed by atoms with Crippen LogP contribution >= 0.6 is 0 Å². The van der Waals surface area contributed by atoms with Gasteiger partial charge >= 0.3 is 0 Å². The van der Waals surface area contributed by atoms with Gasteiger partial charge in [-0.3, -0.25) is 4.79 Å². The molecule has 0 saturated heterocycles. The first-order chi connectivity index (χ1) is 15.6. The molecule has 8 nitrogen and oxygen atoms in total. The zero-order valence-corrected chi connectivity index (χ0v) is 20.9. The molecule has 34 heavy (non-hydrogen) atoms. The number of ketones is 1. The van der Waals surface area contributed by atoms with Crippen LogP contribution in [-0.4, -0.2) is 82.7 Å². The van der Waals surface area contributed by atoms with Crippen molar-refractivity contribution in [2.24, 2.45) is 28.6 Å². The predicted molar refractivity (Wildman–Crippen MR) is 123 cm³/mol. The number of carbonyl (C=O) groups excluding carboxylic acids is 1. The van der Waals surface area contributed by atoms with Crippen LogP contribution in [0.15, 0.2) is 0 Å². The highest BCUT2D eigenvalue weighted by molar-refractivity contribution is 5.77. The first-order valence-electron chi connectivity index (χ1n) is 13.1. The number of fused-ring (bicyclic) bond motifs is 5. The molecule has 196 valence electrons. The summed E-state index contributed by atoms with van der Waals surface area (Å²) >= 11 is 0. The zero-order chi connectivity index (χ0) is 25.5. The molecule has 12 atom stereocenters. The average Bonchev–Trinajstić information content (AvgIpc) is 3.00. The van der Waals surface area contributed by atoms with Gasteiger partial charge in [0.25, 0.3) is 0 Å². The maximum absolute atomic E-state index is 12.3. The van der Waals surface area contributed by atoms with Crippen LogP contribution in [0.1, 0.15) is 85.5 Å². The molecule has 0 bridgehead atoms. The highest BCUT2D eigenvalue weighted by Crippen LogP contribution is 2.72. The minimum atomic E-state index is -2.04. The molecular weight excluding hydrogens is 440 g/mol. The van der Waals surface area contributed by atoms with Gasteiger partial charge in [-0.15, -0.1) is 0 Å². The van der Waals surface area contributed by atoms with Crippen molar-refractivity contribution in [1.29, 1.82) is 0 Å². The second kappa shape index (κ2) is 8.20. The summed E-state index contributed by atoms with van der Waals surface area (Å²) in [6.45, 7) is 7.47. The summed E-state index contributed by atoms with van der Waals surface area (Å²) < 4.78 is 0. The molecule has 4 aliphatic rings. The highest BCUT2D eigenvalue weighted by Gasteiger charge is 2.81. The summed E-state index contributed by atoms with van der Waals surface area (Å²) in [4.78, 5) is 11.9. The van der Waals surface area contributed by atoms with Gasteiger partial charge in [-0.1, -0.05) is 27.7 Å². The second-order valence-corrected chi connectivity index (χ2v) is 12.5. The van der Waals surface area contributed by atoms with Crippen molar-refractivity contribution in [1.82, 2.24) is 0 Å². The Hall–Kier alpha value is -0.610. The zero-order valence-electron chi connectivity index (χ0n) is 20.9. The van der Waals surface area contributed by atoms with Gasteiger partial charge in [-0.05, 0) is 56.3 Å². The van der Waals surface area contributed by atoms with E-state index < -0.39 is 64.4 Å². The molecule has 0 aromatic heterocycles. The van der Waals surface area contributed by atoms with Crippen LogP contribution in [-0.2, 0) is 4.79 Å². The Kier molecular flexibility index (Phi) is 6.38. The van der Waals surface area contributed by atoms with Crippen LogP contribution < -0.4 is 0 Å². The van der Waals surface area contributed by atoms with Gasteiger partial charge in [0.05, 0.1) is 18.3 Å². The van der Waals surface area contributed by atoms with Crippen LogP contribution in [0, 0.1) is 28.6 Å². The smallest absolute Gasteiger partial charge is 0.132 e. The molecule has 0 aliphatic heterocycles. The van der Waals surface area contributed by atoms with Crippen molar-refractivity contribution in [2.75, 3.05) is 0 Å². The Morgan fingerprint density at radius 1 is 0.971 bits per heavy atom. The molecule has 7 N–H and O–H groups in total. The van der Waals surface area contributed by atoms with E-state index in [2.05, 4.69) is 0 Å². The van der Waals surface area contributed by atoms with Crippen molar-refractivity contribution in [3.8, 4) is 0 Å². The third kappa shape index (κ3) is 2.99. The third-order valence-corrected chi connectivity index (χ3v) is 11.3. The Labute approximate surface area is 202 Å². The van der Waals surface area contributed by atoms with Crippen LogP contribution in [0.25, 0.3) is 0 Å². The van der Waals surface area contributed by atoms with E-state index in [1.807, 2.05) is 20.8 Å². The molecule has 0 aromatic carbocycles. The highest BCUT2D eigenvalue weighted by atomic mass is 16.4. The fourth-order valence-corrected chi connectivity index (χ4v) is 9.13. The largest absolute Gasteiger partial charge is 0.390 e. The summed E-state index contributed by atoms with van der Waals surface area (Å²) in [6, 6.07) is 0. The molecule has 4 aliphatic carbocycles. The number of rotatable bonds is 5. The topological polar surface area (TPSA) is 159 Å². The monoisotopic (exact) mass is 484 g/mol. The normalized spacial score (nSPS) is 55.7. The number of aliphatic hydroxyl groups is 7. The standard InChI is InChI=1S/C26H44O8/c1-5-15(27)7-6-14(2)16-12-19(29)26(34)22(16,3)11-9-18-23(4)10-8-17(28)21(31)25(23,33)20(30)13-24(18,26)32/h14,16-21,28-34H,5-13H2,1-4H3/t14-,16-,17+,18?,19+,20+,21+,22-,23-,24+,25-,26+/m1/s1. The van der Waals surface area contributed by atoms with Crippen molar-refractivity contribution < 1.29 is 40.5 Å². The molecule has 0 radical (unpaired) electrons. The van der Waals surface area contributed by atoms with Crippen molar-refractivity contribution in [3.05, 3.63) is 0 Å². The van der Waals surface area contributed by atoms with E-state index in [4.69, 9.17) is 0 Å². The van der Waals surface area contributed by atoms with E-state index in [1.165, 1.54) is 0 Å². The van der Waals surface area contributed by atoms with Gasteiger partial charge in [0.15, 0.2) is 0 Å². The fraction of sp³-hybridized carbons (Fsp3) is 0.962. The lowest BCUT2D eigenvalue weighted by Crippen LogP contribution is -2.83. The fourth-order valence-electron chi connectivity index (χ4n) is 9.13. The predicted octanol–water partition coefficient (Wildman–Crippen LogP) is 0.659. The molecule has 0 amide bonds. The molecule has 0 heterocycles. The molecule has 1 unspecified atom stereocenters. The minimum absolute atomic E-state index is 0.0389. The first kappa shape index (κ1) is 26.5. The number of aliphatic hydroxyl groups excluding tert-OH is 4. The summed E-state index contributed by atoms with van der Waals surface area (Å²) in [5.74, 6) is -0.614. The SMILES string of the molecule is CCC(=O)CC[C@@H](C)[C@H]1C[C@H](O)[C@@]2(O)[C@]3(O)C[C@H](O)[C@@]4(O)[C@@H](O)[C@@H](O)CC[C@]4(C)C3CC[C@]12C. The molecule has 4 fully saturated rings. The molecule has 0 spiro atoms. The Morgan fingerprint density at radius 2 is 1.59 bits per heavy atom. The third-order valence-electron chi connectivity index (χ3n) is 11.3. The van der Waals surface area contributed by atoms with E-state index in [0.29, 0.717) is 32.1 Å². The van der Waals surface area contributed by atoms with Gasteiger partial charge in [0.1, 0.15) is 28.7 Å².